The van der Waals surface area contributed by atoms with Crippen molar-refractivity contribution in [1.29, 1.82) is 0 Å². The molecule has 15 heavy (non-hydrogen) atoms. The number of hydrogen-bond donors (Lipinski definition) is 2. The summed E-state index contributed by atoms with van der Waals surface area (Å²) in [5, 5.41) is 19.7. The Hall–Kier alpha value is -0.640. The van der Waals surface area contributed by atoms with Crippen LogP contribution in [0, 0.1) is 0 Å². The van der Waals surface area contributed by atoms with Crippen LogP contribution in [0.1, 0.15) is 12.0 Å². The summed E-state index contributed by atoms with van der Waals surface area (Å²) in [6, 6.07) is 9.69. The zero-order chi connectivity index (χ0) is 11.1. The molecule has 0 saturated heterocycles. The van der Waals surface area contributed by atoms with Gasteiger partial charge in [-0.15, -0.1) is 0 Å². The molecular weight excluding hydrogens is 256 g/mol. The second-order valence-corrected chi connectivity index (χ2v) is 4.10. The molecule has 0 heterocycles. The molecule has 0 aromatic heterocycles. The molecule has 0 radical (unpaired) electrons. The van der Waals surface area contributed by atoms with Crippen molar-refractivity contribution in [3.63, 3.8) is 0 Å². The van der Waals surface area contributed by atoms with Gasteiger partial charge in [0.05, 0.1) is 12.2 Å². The first kappa shape index (κ1) is 12.4. The predicted octanol–water partition coefficient (Wildman–Crippen LogP) is 2.21. The third-order valence-electron chi connectivity index (χ3n) is 2.08. The predicted molar refractivity (Wildman–Crippen MR) is 65.9 cm³/mol. The van der Waals surface area contributed by atoms with Gasteiger partial charge < -0.3 is 10.2 Å². The normalized spacial score (nSPS) is 15.4. The second kappa shape index (κ2) is 6.77. The molecule has 0 fully saturated rings. The highest BCUT2D eigenvalue weighted by Gasteiger charge is 2.11. The lowest BCUT2D eigenvalue weighted by molar-refractivity contribution is 0.0480. The fourth-order valence-electron chi connectivity index (χ4n) is 1.18. The van der Waals surface area contributed by atoms with Crippen molar-refractivity contribution in [2.45, 2.75) is 18.6 Å². The van der Waals surface area contributed by atoms with Crippen LogP contribution >= 0.6 is 15.9 Å². The molecule has 0 bridgehead atoms. The third kappa shape index (κ3) is 4.60. The maximum absolute atomic E-state index is 9.55. The minimum absolute atomic E-state index is 0.542. The summed E-state index contributed by atoms with van der Waals surface area (Å²) in [6.07, 6.45) is 2.46. The Morgan fingerprint density at radius 2 is 1.87 bits per heavy atom. The highest BCUT2D eigenvalue weighted by atomic mass is 79.9. The van der Waals surface area contributed by atoms with Crippen LogP contribution in [0.5, 0.6) is 0 Å². The summed E-state index contributed by atoms with van der Waals surface area (Å²) in [7, 11) is 0. The minimum atomic E-state index is -0.803. The van der Waals surface area contributed by atoms with E-state index in [-0.39, 0.29) is 0 Å². The van der Waals surface area contributed by atoms with Crippen LogP contribution in [-0.4, -0.2) is 27.8 Å². The van der Waals surface area contributed by atoms with E-state index in [1.807, 2.05) is 36.4 Å². The summed E-state index contributed by atoms with van der Waals surface area (Å²) >= 11 is 3.22. The Morgan fingerprint density at radius 1 is 1.20 bits per heavy atom. The van der Waals surface area contributed by atoms with Crippen LogP contribution in [0.3, 0.4) is 0 Å². The summed E-state index contributed by atoms with van der Waals surface area (Å²) in [5.41, 5.74) is 1.02. The fourth-order valence-corrected chi connectivity index (χ4v) is 1.65. The van der Waals surface area contributed by atoms with Crippen molar-refractivity contribution in [3.8, 4) is 0 Å². The molecule has 3 heteroatoms. The van der Waals surface area contributed by atoms with E-state index >= 15 is 0 Å². The Balaban J connectivity index is 2.50. The zero-order valence-electron chi connectivity index (χ0n) is 8.38. The largest absolute Gasteiger partial charge is 0.390 e. The average Bonchev–Trinajstić information content (AvgIpc) is 2.27. The Bertz CT molecular complexity index is 298. The second-order valence-electron chi connectivity index (χ2n) is 3.31. The maximum Gasteiger partial charge on any atom is 0.0983 e. The molecule has 0 aliphatic rings. The Morgan fingerprint density at radius 3 is 2.47 bits per heavy atom. The highest BCUT2D eigenvalue weighted by Crippen LogP contribution is 2.06. The quantitative estimate of drug-likeness (QED) is 0.806. The molecule has 0 saturated carbocycles. The lowest BCUT2D eigenvalue weighted by atomic mass is 10.1. The molecule has 2 N–H and O–H groups in total. The Kier molecular flexibility index (Phi) is 5.61. The zero-order valence-corrected chi connectivity index (χ0v) is 9.97. The number of benzene rings is 1. The lowest BCUT2D eigenvalue weighted by Crippen LogP contribution is -2.23. The lowest BCUT2D eigenvalue weighted by Gasteiger charge is -2.12. The minimum Gasteiger partial charge on any atom is -0.390 e. The van der Waals surface area contributed by atoms with Gasteiger partial charge >= 0.3 is 0 Å². The van der Waals surface area contributed by atoms with Crippen LogP contribution in [0.25, 0.3) is 6.08 Å². The first-order valence-corrected chi connectivity index (χ1v) is 6.01. The fraction of sp³-hybridized carbons (Fsp3) is 0.333. The van der Waals surface area contributed by atoms with E-state index in [0.717, 1.165) is 5.56 Å². The molecular formula is C12H15BrO2. The van der Waals surface area contributed by atoms with Crippen LogP contribution in [-0.2, 0) is 0 Å². The summed E-state index contributed by atoms with van der Waals surface area (Å²) in [6.45, 7) is 0. The van der Waals surface area contributed by atoms with Gasteiger partial charge in [-0.3, -0.25) is 0 Å². The molecule has 2 nitrogen and oxygen atoms in total. The van der Waals surface area contributed by atoms with E-state index in [4.69, 9.17) is 0 Å². The SMILES string of the molecule is OC(C=Cc1ccccc1)C(O)CCBr. The number of rotatable bonds is 5. The van der Waals surface area contributed by atoms with E-state index in [2.05, 4.69) is 15.9 Å². The van der Waals surface area contributed by atoms with Gasteiger partial charge in [-0.05, 0) is 12.0 Å². The van der Waals surface area contributed by atoms with Crippen molar-refractivity contribution in [2.75, 3.05) is 5.33 Å². The third-order valence-corrected chi connectivity index (χ3v) is 2.54. The molecule has 2 unspecified atom stereocenters. The first-order chi connectivity index (χ1) is 7.24. The van der Waals surface area contributed by atoms with E-state index < -0.39 is 12.2 Å². The van der Waals surface area contributed by atoms with E-state index in [9.17, 15) is 10.2 Å². The van der Waals surface area contributed by atoms with Gasteiger partial charge in [-0.2, -0.15) is 0 Å². The van der Waals surface area contributed by atoms with Crippen molar-refractivity contribution in [1.82, 2.24) is 0 Å². The molecule has 0 spiro atoms. The van der Waals surface area contributed by atoms with Gasteiger partial charge in [0, 0.05) is 5.33 Å². The van der Waals surface area contributed by atoms with Gasteiger partial charge in [-0.1, -0.05) is 58.4 Å². The average molecular weight is 271 g/mol. The highest BCUT2D eigenvalue weighted by molar-refractivity contribution is 9.09. The van der Waals surface area contributed by atoms with Crippen molar-refractivity contribution < 1.29 is 10.2 Å². The van der Waals surface area contributed by atoms with Crippen molar-refractivity contribution >= 4 is 22.0 Å². The van der Waals surface area contributed by atoms with Gasteiger partial charge in [-0.25, -0.2) is 0 Å². The number of aliphatic hydroxyl groups is 2. The molecule has 1 aromatic rings. The number of halogens is 1. The molecule has 1 rings (SSSR count). The summed E-state index contributed by atoms with van der Waals surface area (Å²) in [4.78, 5) is 0. The van der Waals surface area contributed by atoms with E-state index in [0.29, 0.717) is 11.8 Å². The number of hydrogen-bond acceptors (Lipinski definition) is 2. The molecule has 0 aliphatic heterocycles. The van der Waals surface area contributed by atoms with Crippen LogP contribution < -0.4 is 0 Å². The Labute approximate surface area is 98.4 Å². The summed E-state index contributed by atoms with van der Waals surface area (Å²) in [5.74, 6) is 0. The molecule has 0 amide bonds. The molecule has 82 valence electrons. The number of aliphatic hydroxyl groups excluding tert-OH is 2. The smallest absolute Gasteiger partial charge is 0.0983 e. The van der Waals surface area contributed by atoms with Crippen molar-refractivity contribution in [2.24, 2.45) is 0 Å². The molecule has 2 atom stereocenters. The standard InChI is InChI=1S/C12H15BrO2/c13-9-8-12(15)11(14)7-6-10-4-2-1-3-5-10/h1-7,11-12,14-15H,8-9H2. The van der Waals surface area contributed by atoms with Gasteiger partial charge in [0.15, 0.2) is 0 Å². The molecule has 1 aromatic carbocycles. The van der Waals surface area contributed by atoms with Crippen LogP contribution in [0.4, 0.5) is 0 Å². The van der Waals surface area contributed by atoms with E-state index in [1.54, 1.807) is 6.08 Å². The van der Waals surface area contributed by atoms with Crippen molar-refractivity contribution in [3.05, 3.63) is 42.0 Å². The monoisotopic (exact) mass is 270 g/mol. The number of alkyl halides is 1. The van der Waals surface area contributed by atoms with Gasteiger partial charge in [0.1, 0.15) is 0 Å². The first-order valence-electron chi connectivity index (χ1n) is 4.89. The van der Waals surface area contributed by atoms with Crippen LogP contribution in [0.15, 0.2) is 36.4 Å². The van der Waals surface area contributed by atoms with Crippen LogP contribution in [0.2, 0.25) is 0 Å². The maximum atomic E-state index is 9.55. The topological polar surface area (TPSA) is 40.5 Å². The van der Waals surface area contributed by atoms with E-state index in [1.165, 1.54) is 0 Å². The van der Waals surface area contributed by atoms with Gasteiger partial charge in [0.2, 0.25) is 0 Å². The summed E-state index contributed by atoms with van der Waals surface area (Å²) < 4.78 is 0. The van der Waals surface area contributed by atoms with Gasteiger partial charge in [0.25, 0.3) is 0 Å². The molecule has 0 aliphatic carbocycles.